The Balaban J connectivity index is 2.82. The fourth-order valence-electron chi connectivity index (χ4n) is 1.24. The zero-order valence-electron chi connectivity index (χ0n) is 8.32. The molecule has 0 heterocycles. The van der Waals surface area contributed by atoms with Crippen molar-refractivity contribution < 1.29 is 9.53 Å². The molecule has 0 aromatic heterocycles. The first-order chi connectivity index (χ1) is 6.79. The van der Waals surface area contributed by atoms with Crippen molar-refractivity contribution in [3.8, 4) is 5.75 Å². The van der Waals surface area contributed by atoms with E-state index < -0.39 is 0 Å². The molecule has 0 unspecified atom stereocenters. The highest BCUT2D eigenvalue weighted by atomic mass is 16.5. The van der Waals surface area contributed by atoms with Gasteiger partial charge in [-0.1, -0.05) is 18.2 Å². The maximum Gasteiger partial charge on any atom is 0.166 e. The molecule has 2 nitrogen and oxygen atoms in total. The van der Waals surface area contributed by atoms with Gasteiger partial charge < -0.3 is 4.74 Å². The van der Waals surface area contributed by atoms with E-state index in [0.29, 0.717) is 24.2 Å². The molecule has 0 bridgehead atoms. The molecule has 0 radical (unpaired) electrons. The van der Waals surface area contributed by atoms with Crippen molar-refractivity contribution in [2.24, 2.45) is 0 Å². The Morgan fingerprint density at radius 2 is 2.21 bits per heavy atom. The van der Waals surface area contributed by atoms with Gasteiger partial charge in [0.05, 0.1) is 12.7 Å². The zero-order chi connectivity index (χ0) is 10.4. The Labute approximate surface area is 84.2 Å². The van der Waals surface area contributed by atoms with Gasteiger partial charge in [-0.05, 0) is 18.6 Å². The molecule has 1 rings (SSSR count). The third-order valence-electron chi connectivity index (χ3n) is 1.98. The van der Waals surface area contributed by atoms with Crippen LogP contribution in [0.15, 0.2) is 36.9 Å². The molecule has 0 N–H and O–H groups in total. The van der Waals surface area contributed by atoms with Crippen LogP contribution in [-0.2, 0) is 0 Å². The van der Waals surface area contributed by atoms with Crippen molar-refractivity contribution in [1.29, 1.82) is 0 Å². The third kappa shape index (κ3) is 2.46. The Kier molecular flexibility index (Phi) is 3.92. The van der Waals surface area contributed by atoms with Gasteiger partial charge >= 0.3 is 0 Å². The van der Waals surface area contributed by atoms with Gasteiger partial charge in [-0.25, -0.2) is 0 Å². The first-order valence-electron chi connectivity index (χ1n) is 4.56. The smallest absolute Gasteiger partial charge is 0.166 e. The standard InChI is InChI=1S/C12H14O2/c1-3-4-8-11(13)10-7-5-6-9-12(10)14-2/h3,5-7,9H,1,4,8H2,2H3. The van der Waals surface area contributed by atoms with Crippen LogP contribution >= 0.6 is 0 Å². The van der Waals surface area contributed by atoms with Crippen LogP contribution in [0.4, 0.5) is 0 Å². The lowest BCUT2D eigenvalue weighted by Crippen LogP contribution is -2.01. The zero-order valence-corrected chi connectivity index (χ0v) is 8.32. The third-order valence-corrected chi connectivity index (χ3v) is 1.98. The lowest BCUT2D eigenvalue weighted by Gasteiger charge is -2.05. The largest absolute Gasteiger partial charge is 0.496 e. The van der Waals surface area contributed by atoms with E-state index in [1.54, 1.807) is 25.3 Å². The summed E-state index contributed by atoms with van der Waals surface area (Å²) in [6, 6.07) is 7.26. The average molecular weight is 190 g/mol. The topological polar surface area (TPSA) is 26.3 Å². The Bertz CT molecular complexity index is 329. The van der Waals surface area contributed by atoms with E-state index in [2.05, 4.69) is 6.58 Å². The maximum atomic E-state index is 11.7. The minimum atomic E-state index is 0.0994. The highest BCUT2D eigenvalue weighted by Gasteiger charge is 2.09. The van der Waals surface area contributed by atoms with E-state index in [4.69, 9.17) is 4.74 Å². The number of Topliss-reactive ketones (excluding diaryl/α,β-unsaturated/α-hetero) is 1. The van der Waals surface area contributed by atoms with E-state index in [9.17, 15) is 4.79 Å². The van der Waals surface area contributed by atoms with E-state index >= 15 is 0 Å². The summed E-state index contributed by atoms with van der Waals surface area (Å²) in [6.07, 6.45) is 2.94. The highest BCUT2D eigenvalue weighted by Crippen LogP contribution is 2.19. The molecule has 0 aliphatic rings. The number of rotatable bonds is 5. The van der Waals surface area contributed by atoms with Gasteiger partial charge in [0.25, 0.3) is 0 Å². The predicted octanol–water partition coefficient (Wildman–Crippen LogP) is 2.84. The van der Waals surface area contributed by atoms with Gasteiger partial charge in [-0.2, -0.15) is 0 Å². The molecule has 74 valence electrons. The van der Waals surface area contributed by atoms with Crippen molar-refractivity contribution in [3.63, 3.8) is 0 Å². The van der Waals surface area contributed by atoms with Crippen LogP contribution in [-0.4, -0.2) is 12.9 Å². The van der Waals surface area contributed by atoms with Crippen molar-refractivity contribution in [1.82, 2.24) is 0 Å². The van der Waals surface area contributed by atoms with Gasteiger partial charge in [0.2, 0.25) is 0 Å². The minimum Gasteiger partial charge on any atom is -0.496 e. The summed E-state index contributed by atoms with van der Waals surface area (Å²) >= 11 is 0. The van der Waals surface area contributed by atoms with Crippen molar-refractivity contribution in [2.75, 3.05) is 7.11 Å². The molecule has 0 aliphatic heterocycles. The molecule has 14 heavy (non-hydrogen) atoms. The van der Waals surface area contributed by atoms with E-state index in [-0.39, 0.29) is 5.78 Å². The second kappa shape index (κ2) is 5.22. The van der Waals surface area contributed by atoms with Crippen LogP contribution in [0.3, 0.4) is 0 Å². The van der Waals surface area contributed by atoms with E-state index in [1.807, 2.05) is 12.1 Å². The van der Waals surface area contributed by atoms with E-state index in [0.717, 1.165) is 0 Å². The number of hydrogen-bond donors (Lipinski definition) is 0. The summed E-state index contributed by atoms with van der Waals surface area (Å²) in [7, 11) is 1.57. The van der Waals surface area contributed by atoms with Gasteiger partial charge in [-0.3, -0.25) is 4.79 Å². The summed E-state index contributed by atoms with van der Waals surface area (Å²) in [5.41, 5.74) is 0.650. The average Bonchev–Trinajstić information content (AvgIpc) is 2.25. The molecule has 1 aromatic rings. The summed E-state index contributed by atoms with van der Waals surface area (Å²) < 4.78 is 5.10. The highest BCUT2D eigenvalue weighted by molar-refractivity contribution is 5.98. The number of carbonyl (C=O) groups is 1. The van der Waals surface area contributed by atoms with Gasteiger partial charge in [0.15, 0.2) is 5.78 Å². The molecular weight excluding hydrogens is 176 g/mol. The number of ketones is 1. The van der Waals surface area contributed by atoms with Crippen molar-refractivity contribution in [2.45, 2.75) is 12.8 Å². The maximum absolute atomic E-state index is 11.7. The van der Waals surface area contributed by atoms with Crippen LogP contribution < -0.4 is 4.74 Å². The van der Waals surface area contributed by atoms with Crippen LogP contribution in [0.2, 0.25) is 0 Å². The van der Waals surface area contributed by atoms with Gasteiger partial charge in [0, 0.05) is 6.42 Å². The minimum absolute atomic E-state index is 0.0994. The SMILES string of the molecule is C=CCCC(=O)c1ccccc1OC. The molecule has 0 amide bonds. The fourth-order valence-corrected chi connectivity index (χ4v) is 1.24. The first-order valence-corrected chi connectivity index (χ1v) is 4.56. The Hall–Kier alpha value is -1.57. The molecule has 0 fully saturated rings. The predicted molar refractivity (Wildman–Crippen MR) is 56.8 cm³/mol. The quantitative estimate of drug-likeness (QED) is 0.527. The summed E-state index contributed by atoms with van der Waals surface area (Å²) in [5.74, 6) is 0.740. The fraction of sp³-hybridized carbons (Fsp3) is 0.250. The van der Waals surface area contributed by atoms with Gasteiger partial charge in [0.1, 0.15) is 5.75 Å². The monoisotopic (exact) mass is 190 g/mol. The molecule has 0 aliphatic carbocycles. The number of ether oxygens (including phenoxy) is 1. The lowest BCUT2D eigenvalue weighted by atomic mass is 10.1. The first kappa shape index (κ1) is 10.5. The van der Waals surface area contributed by atoms with Gasteiger partial charge in [-0.15, -0.1) is 6.58 Å². The normalized spacial score (nSPS) is 9.50. The Morgan fingerprint density at radius 3 is 2.86 bits per heavy atom. The number of hydrogen-bond acceptors (Lipinski definition) is 2. The number of carbonyl (C=O) groups excluding carboxylic acids is 1. The Morgan fingerprint density at radius 1 is 1.50 bits per heavy atom. The van der Waals surface area contributed by atoms with Crippen molar-refractivity contribution in [3.05, 3.63) is 42.5 Å². The second-order valence-corrected chi connectivity index (χ2v) is 2.95. The molecule has 0 spiro atoms. The number of methoxy groups -OCH3 is 1. The van der Waals surface area contributed by atoms with Crippen molar-refractivity contribution >= 4 is 5.78 Å². The number of para-hydroxylation sites is 1. The van der Waals surface area contributed by atoms with Crippen LogP contribution in [0.5, 0.6) is 5.75 Å². The molecule has 0 atom stereocenters. The summed E-state index contributed by atoms with van der Waals surface area (Å²) in [5, 5.41) is 0. The molecular formula is C12H14O2. The van der Waals surface area contributed by atoms with Crippen LogP contribution in [0.1, 0.15) is 23.2 Å². The molecule has 1 aromatic carbocycles. The summed E-state index contributed by atoms with van der Waals surface area (Å²) in [6.45, 7) is 3.59. The van der Waals surface area contributed by atoms with E-state index in [1.165, 1.54) is 0 Å². The number of allylic oxidation sites excluding steroid dienone is 1. The molecule has 0 saturated heterocycles. The van der Waals surface area contributed by atoms with Crippen LogP contribution in [0, 0.1) is 0 Å². The molecule has 0 saturated carbocycles. The molecule has 2 heteroatoms. The second-order valence-electron chi connectivity index (χ2n) is 2.95. The number of benzene rings is 1. The van der Waals surface area contributed by atoms with Crippen LogP contribution in [0.25, 0.3) is 0 Å². The lowest BCUT2D eigenvalue weighted by molar-refractivity contribution is 0.0981. The summed E-state index contributed by atoms with van der Waals surface area (Å²) in [4.78, 5) is 11.7.